The summed E-state index contributed by atoms with van der Waals surface area (Å²) >= 11 is 0. The smallest absolute Gasteiger partial charge is 0.273 e. The van der Waals surface area contributed by atoms with Gasteiger partial charge in [-0.2, -0.15) is 0 Å². The van der Waals surface area contributed by atoms with Crippen molar-refractivity contribution in [3.05, 3.63) is 89.6 Å². The molecular weight excluding hydrogens is 388 g/mol. The number of piperazine rings is 1. The minimum Gasteiger partial charge on any atom is -0.447 e. The molecule has 0 unspecified atom stereocenters. The Kier molecular flexibility index (Phi) is 5.82. The van der Waals surface area contributed by atoms with E-state index in [4.69, 9.17) is 4.42 Å². The van der Waals surface area contributed by atoms with Crippen LogP contribution in [-0.2, 0) is 6.54 Å². The Balaban J connectivity index is 1.22. The van der Waals surface area contributed by atoms with Crippen LogP contribution in [0.1, 0.15) is 46.4 Å². The minimum atomic E-state index is -0.129. The summed E-state index contributed by atoms with van der Waals surface area (Å²) in [6.07, 6.45) is 3.60. The average Bonchev–Trinajstić information content (AvgIpc) is 3.51. The van der Waals surface area contributed by atoms with Crippen molar-refractivity contribution in [2.75, 3.05) is 26.2 Å². The molecule has 160 valence electrons. The summed E-state index contributed by atoms with van der Waals surface area (Å²) in [5.41, 5.74) is 3.02. The van der Waals surface area contributed by atoms with Gasteiger partial charge in [0.25, 0.3) is 5.91 Å². The highest BCUT2D eigenvalue weighted by atomic mass is 16.3. The maximum absolute atomic E-state index is 12.1. The van der Waals surface area contributed by atoms with E-state index in [9.17, 15) is 4.79 Å². The first-order valence-electron chi connectivity index (χ1n) is 11.1. The van der Waals surface area contributed by atoms with E-state index < -0.39 is 0 Å². The predicted octanol–water partition coefficient (Wildman–Crippen LogP) is 3.47. The lowest BCUT2D eigenvalue weighted by atomic mass is 9.96. The van der Waals surface area contributed by atoms with Crippen LogP contribution in [0.4, 0.5) is 0 Å². The summed E-state index contributed by atoms with van der Waals surface area (Å²) < 4.78 is 5.58. The van der Waals surface area contributed by atoms with Gasteiger partial charge in [0.15, 0.2) is 5.69 Å². The van der Waals surface area contributed by atoms with Crippen LogP contribution in [0.5, 0.6) is 0 Å². The van der Waals surface area contributed by atoms with E-state index in [0.29, 0.717) is 24.2 Å². The number of rotatable bonds is 7. The van der Waals surface area contributed by atoms with Crippen LogP contribution >= 0.6 is 0 Å². The lowest BCUT2D eigenvalue weighted by molar-refractivity contribution is 0.0944. The van der Waals surface area contributed by atoms with Crippen molar-refractivity contribution >= 4 is 5.91 Å². The van der Waals surface area contributed by atoms with Crippen molar-refractivity contribution in [2.24, 2.45) is 0 Å². The number of amides is 1. The number of benzene rings is 2. The summed E-state index contributed by atoms with van der Waals surface area (Å²) in [6, 6.07) is 22.0. The fourth-order valence-corrected chi connectivity index (χ4v) is 4.23. The topological polar surface area (TPSA) is 61.6 Å². The van der Waals surface area contributed by atoms with Gasteiger partial charge >= 0.3 is 0 Å². The number of carbonyl (C=O) groups excluding carboxylic acids is 1. The first-order valence-corrected chi connectivity index (χ1v) is 11.1. The molecule has 1 aromatic heterocycles. The molecule has 2 fully saturated rings. The molecule has 2 aliphatic rings. The van der Waals surface area contributed by atoms with Gasteiger partial charge in [-0.15, -0.1) is 0 Å². The van der Waals surface area contributed by atoms with E-state index in [-0.39, 0.29) is 11.9 Å². The number of hydrogen-bond donors (Lipinski definition) is 1. The van der Waals surface area contributed by atoms with Crippen LogP contribution in [0.3, 0.4) is 0 Å². The Morgan fingerprint density at radius 2 is 1.58 bits per heavy atom. The van der Waals surface area contributed by atoms with Gasteiger partial charge in [-0.05, 0) is 24.0 Å². The maximum Gasteiger partial charge on any atom is 0.273 e. The molecule has 0 bridgehead atoms. The maximum atomic E-state index is 12.1. The Morgan fingerprint density at radius 1 is 0.968 bits per heavy atom. The average molecular weight is 417 g/mol. The van der Waals surface area contributed by atoms with E-state index in [2.05, 4.69) is 80.8 Å². The van der Waals surface area contributed by atoms with Gasteiger partial charge in [0.2, 0.25) is 5.89 Å². The highest BCUT2D eigenvalue weighted by molar-refractivity contribution is 5.92. The Hall–Kier alpha value is -2.96. The van der Waals surface area contributed by atoms with Crippen molar-refractivity contribution in [3.63, 3.8) is 0 Å². The van der Waals surface area contributed by atoms with Gasteiger partial charge in [0.05, 0.1) is 12.6 Å². The zero-order valence-corrected chi connectivity index (χ0v) is 17.6. The van der Waals surface area contributed by atoms with Crippen LogP contribution in [-0.4, -0.2) is 52.9 Å². The second-order valence-electron chi connectivity index (χ2n) is 8.41. The third-order valence-electron chi connectivity index (χ3n) is 6.06. The molecule has 2 heterocycles. The van der Waals surface area contributed by atoms with Crippen LogP contribution in [0.15, 0.2) is 71.3 Å². The Morgan fingerprint density at radius 3 is 2.16 bits per heavy atom. The third-order valence-corrected chi connectivity index (χ3v) is 6.06. The molecule has 1 N–H and O–H groups in total. The van der Waals surface area contributed by atoms with Crippen molar-refractivity contribution in [1.29, 1.82) is 0 Å². The molecule has 1 saturated carbocycles. The second-order valence-corrected chi connectivity index (χ2v) is 8.41. The number of nitrogens with one attached hydrogen (secondary N) is 1. The van der Waals surface area contributed by atoms with Crippen molar-refractivity contribution in [3.8, 4) is 0 Å². The number of oxazole rings is 1. The third kappa shape index (κ3) is 4.86. The zero-order valence-electron chi connectivity index (χ0n) is 17.6. The molecule has 0 radical (unpaired) electrons. The minimum absolute atomic E-state index is 0.129. The normalized spacial score (nSPS) is 17.7. The van der Waals surface area contributed by atoms with E-state index in [1.165, 1.54) is 17.4 Å². The van der Waals surface area contributed by atoms with Gasteiger partial charge < -0.3 is 9.73 Å². The lowest BCUT2D eigenvalue weighted by Crippen LogP contribution is -2.47. The first kappa shape index (κ1) is 20.0. The van der Waals surface area contributed by atoms with Gasteiger partial charge in [-0.1, -0.05) is 60.7 Å². The largest absolute Gasteiger partial charge is 0.447 e. The molecule has 5 rings (SSSR count). The highest BCUT2D eigenvalue weighted by Crippen LogP contribution is 2.29. The molecule has 0 spiro atoms. The monoisotopic (exact) mass is 416 g/mol. The Labute approximate surface area is 182 Å². The summed E-state index contributed by atoms with van der Waals surface area (Å²) in [5, 5.41) is 2.95. The molecule has 31 heavy (non-hydrogen) atoms. The number of carbonyl (C=O) groups is 1. The van der Waals surface area contributed by atoms with Crippen LogP contribution in [0.2, 0.25) is 0 Å². The summed E-state index contributed by atoms with van der Waals surface area (Å²) in [4.78, 5) is 21.4. The molecule has 2 aromatic carbocycles. The summed E-state index contributed by atoms with van der Waals surface area (Å²) in [5.74, 6) is 0.480. The van der Waals surface area contributed by atoms with Crippen LogP contribution in [0, 0.1) is 0 Å². The van der Waals surface area contributed by atoms with Crippen molar-refractivity contribution in [1.82, 2.24) is 20.1 Å². The van der Waals surface area contributed by atoms with Gasteiger partial charge in [0.1, 0.15) is 6.26 Å². The second kappa shape index (κ2) is 9.04. The molecule has 6 heteroatoms. The van der Waals surface area contributed by atoms with Gasteiger partial charge in [0, 0.05) is 32.2 Å². The molecule has 1 aliphatic heterocycles. The number of hydrogen-bond acceptors (Lipinski definition) is 5. The molecule has 6 nitrogen and oxygen atoms in total. The summed E-state index contributed by atoms with van der Waals surface area (Å²) in [7, 11) is 0. The Bertz CT molecular complexity index is 953. The zero-order chi connectivity index (χ0) is 21.0. The lowest BCUT2D eigenvalue weighted by Gasteiger charge is -2.39. The number of aromatic nitrogens is 1. The molecule has 1 aliphatic carbocycles. The van der Waals surface area contributed by atoms with E-state index in [0.717, 1.165) is 39.0 Å². The fraction of sp³-hybridized carbons (Fsp3) is 0.360. The standard InChI is InChI=1S/C25H28N4O2/c30-25(26-21-11-12-21)22-18-31-23(27-22)17-28-13-15-29(16-14-28)24(19-7-3-1-4-8-19)20-9-5-2-6-10-20/h1-10,18,21,24H,11-17H2,(H,26,30). The summed E-state index contributed by atoms with van der Waals surface area (Å²) in [6.45, 7) is 4.42. The molecule has 1 saturated heterocycles. The molecule has 3 aromatic rings. The van der Waals surface area contributed by atoms with Crippen LogP contribution < -0.4 is 5.32 Å². The van der Waals surface area contributed by atoms with E-state index in [1.54, 1.807) is 0 Å². The van der Waals surface area contributed by atoms with Crippen molar-refractivity contribution in [2.45, 2.75) is 31.5 Å². The highest BCUT2D eigenvalue weighted by Gasteiger charge is 2.28. The first-order chi connectivity index (χ1) is 15.3. The van der Waals surface area contributed by atoms with Crippen molar-refractivity contribution < 1.29 is 9.21 Å². The molecule has 0 atom stereocenters. The van der Waals surface area contributed by atoms with E-state index >= 15 is 0 Å². The fourth-order valence-electron chi connectivity index (χ4n) is 4.23. The SMILES string of the molecule is O=C(NC1CC1)c1coc(CN2CCN(C(c3ccccc3)c3ccccc3)CC2)n1. The quantitative estimate of drug-likeness (QED) is 0.639. The molecular formula is C25H28N4O2. The number of nitrogens with zero attached hydrogens (tertiary/aromatic N) is 3. The molecule has 1 amide bonds. The van der Waals surface area contributed by atoms with Gasteiger partial charge in [-0.3, -0.25) is 14.6 Å². The van der Waals surface area contributed by atoms with Gasteiger partial charge in [-0.25, -0.2) is 4.98 Å². The predicted molar refractivity (Wildman–Crippen MR) is 119 cm³/mol. The van der Waals surface area contributed by atoms with E-state index in [1.807, 2.05) is 0 Å². The van der Waals surface area contributed by atoms with Crippen LogP contribution in [0.25, 0.3) is 0 Å².